The molecular weight excluding hydrogens is 554 g/mol. The quantitative estimate of drug-likeness (QED) is 0.293. The summed E-state index contributed by atoms with van der Waals surface area (Å²) in [5.41, 5.74) is 2.03. The highest BCUT2D eigenvalue weighted by molar-refractivity contribution is 7.92. The maximum absolute atomic E-state index is 14.2. The number of nitrogens with one attached hydrogen (secondary N) is 1. The number of carbonyl (C=O) groups is 2. The van der Waals surface area contributed by atoms with Gasteiger partial charge in [0.15, 0.2) is 0 Å². The number of hydrogen-bond donors (Lipinski definition) is 1. The van der Waals surface area contributed by atoms with Crippen molar-refractivity contribution in [1.82, 2.24) is 10.2 Å². The van der Waals surface area contributed by atoms with Crippen molar-refractivity contribution < 1.29 is 27.5 Å². The van der Waals surface area contributed by atoms with Crippen LogP contribution in [0.2, 0.25) is 0 Å². The molecule has 10 heteroatoms. The molecule has 0 spiro atoms. The zero-order valence-corrected chi connectivity index (χ0v) is 26.0. The topological polar surface area (TPSA) is 105 Å². The molecule has 9 nitrogen and oxygen atoms in total. The van der Waals surface area contributed by atoms with Crippen molar-refractivity contribution in [3.05, 3.63) is 83.9 Å². The van der Waals surface area contributed by atoms with Gasteiger partial charge in [-0.05, 0) is 63.4 Å². The molecule has 0 fully saturated rings. The van der Waals surface area contributed by atoms with E-state index in [1.165, 1.54) is 37.3 Å². The van der Waals surface area contributed by atoms with Crippen LogP contribution >= 0.6 is 0 Å². The fraction of sp³-hybridized carbons (Fsp3) is 0.375. The van der Waals surface area contributed by atoms with Gasteiger partial charge in [-0.25, -0.2) is 8.42 Å². The lowest BCUT2D eigenvalue weighted by molar-refractivity contribution is -0.139. The molecule has 0 aliphatic rings. The smallest absolute Gasteiger partial charge is 0.264 e. The Morgan fingerprint density at radius 3 is 2.17 bits per heavy atom. The highest BCUT2D eigenvalue weighted by Crippen LogP contribution is 2.36. The number of nitrogens with zero attached hydrogens (tertiary/aromatic N) is 2. The van der Waals surface area contributed by atoms with Crippen molar-refractivity contribution in [3.63, 3.8) is 0 Å². The summed E-state index contributed by atoms with van der Waals surface area (Å²) in [6, 6.07) is 19.9. The monoisotopic (exact) mass is 595 g/mol. The Kier molecular flexibility index (Phi) is 11.4. The molecular formula is C32H41N3O6S. The SMILES string of the molecule is CC[C@@H](C(=O)NC(C)C)N(CCc1ccccc1)C(=O)CN(c1cc(OC)ccc1OC)S(=O)(=O)c1ccc(C)cc1. The van der Waals surface area contributed by atoms with E-state index in [1.54, 1.807) is 24.3 Å². The van der Waals surface area contributed by atoms with Crippen molar-refractivity contribution in [1.29, 1.82) is 0 Å². The van der Waals surface area contributed by atoms with Gasteiger partial charge < -0.3 is 19.7 Å². The maximum atomic E-state index is 14.2. The number of ether oxygens (including phenoxy) is 2. The van der Waals surface area contributed by atoms with Gasteiger partial charge in [0, 0.05) is 18.7 Å². The second kappa shape index (κ2) is 14.7. The van der Waals surface area contributed by atoms with E-state index in [0.29, 0.717) is 18.6 Å². The Bertz CT molecular complexity index is 1440. The van der Waals surface area contributed by atoms with Crippen molar-refractivity contribution in [2.24, 2.45) is 0 Å². The van der Waals surface area contributed by atoms with Crippen molar-refractivity contribution >= 4 is 27.5 Å². The van der Waals surface area contributed by atoms with Gasteiger partial charge in [-0.1, -0.05) is 55.0 Å². The predicted octanol–water partition coefficient (Wildman–Crippen LogP) is 4.58. The minimum absolute atomic E-state index is 0.0196. The summed E-state index contributed by atoms with van der Waals surface area (Å²) in [6.07, 6.45) is 0.845. The van der Waals surface area contributed by atoms with Crippen LogP contribution in [0.1, 0.15) is 38.3 Å². The van der Waals surface area contributed by atoms with Gasteiger partial charge in [0.25, 0.3) is 10.0 Å². The van der Waals surface area contributed by atoms with E-state index in [-0.39, 0.29) is 34.8 Å². The van der Waals surface area contributed by atoms with Crippen LogP contribution in [0.5, 0.6) is 11.5 Å². The molecule has 0 heterocycles. The molecule has 0 saturated carbocycles. The molecule has 226 valence electrons. The summed E-state index contributed by atoms with van der Waals surface area (Å²) >= 11 is 0. The molecule has 0 aliphatic heterocycles. The Morgan fingerprint density at radius 2 is 1.60 bits per heavy atom. The largest absolute Gasteiger partial charge is 0.497 e. The van der Waals surface area contributed by atoms with E-state index < -0.39 is 28.5 Å². The molecule has 3 rings (SSSR count). The Labute approximate surface area is 249 Å². The predicted molar refractivity (Wildman–Crippen MR) is 164 cm³/mol. The molecule has 0 aliphatic carbocycles. The summed E-state index contributed by atoms with van der Waals surface area (Å²) < 4.78 is 40.2. The molecule has 3 aromatic rings. The third-order valence-electron chi connectivity index (χ3n) is 6.84. The van der Waals surface area contributed by atoms with E-state index in [9.17, 15) is 18.0 Å². The van der Waals surface area contributed by atoms with Crippen LogP contribution in [0.3, 0.4) is 0 Å². The van der Waals surface area contributed by atoms with Gasteiger partial charge in [0.1, 0.15) is 24.1 Å². The summed E-state index contributed by atoms with van der Waals surface area (Å²) in [4.78, 5) is 29.0. The molecule has 42 heavy (non-hydrogen) atoms. The summed E-state index contributed by atoms with van der Waals surface area (Å²) in [5, 5.41) is 2.91. The minimum atomic E-state index is -4.25. The van der Waals surface area contributed by atoms with Gasteiger partial charge >= 0.3 is 0 Å². The van der Waals surface area contributed by atoms with E-state index in [4.69, 9.17) is 9.47 Å². The lowest BCUT2D eigenvalue weighted by Gasteiger charge is -2.34. The second-order valence-corrected chi connectivity index (χ2v) is 12.1. The Hall–Kier alpha value is -4.05. The lowest BCUT2D eigenvalue weighted by Crippen LogP contribution is -2.54. The number of anilines is 1. The van der Waals surface area contributed by atoms with Crippen LogP contribution in [-0.2, 0) is 26.0 Å². The zero-order valence-electron chi connectivity index (χ0n) is 25.2. The number of methoxy groups -OCH3 is 2. The van der Waals surface area contributed by atoms with Gasteiger partial charge in [0.05, 0.1) is 24.8 Å². The van der Waals surface area contributed by atoms with E-state index in [2.05, 4.69) is 5.32 Å². The van der Waals surface area contributed by atoms with E-state index in [0.717, 1.165) is 15.4 Å². The zero-order chi connectivity index (χ0) is 30.9. The summed E-state index contributed by atoms with van der Waals surface area (Å²) in [7, 11) is -1.34. The average molecular weight is 596 g/mol. The van der Waals surface area contributed by atoms with Crippen LogP contribution in [0, 0.1) is 6.92 Å². The molecule has 1 atom stereocenters. The summed E-state index contributed by atoms with van der Waals surface area (Å²) in [5.74, 6) is -0.163. The van der Waals surface area contributed by atoms with Gasteiger partial charge in [-0.3, -0.25) is 13.9 Å². The minimum Gasteiger partial charge on any atom is -0.497 e. The number of hydrogen-bond acceptors (Lipinski definition) is 6. The molecule has 0 bridgehead atoms. The third kappa shape index (κ3) is 8.03. The second-order valence-electron chi connectivity index (χ2n) is 10.3. The maximum Gasteiger partial charge on any atom is 0.264 e. The summed E-state index contributed by atoms with van der Waals surface area (Å²) in [6.45, 7) is 7.07. The third-order valence-corrected chi connectivity index (χ3v) is 8.62. The van der Waals surface area contributed by atoms with Crippen LogP contribution < -0.4 is 19.1 Å². The molecule has 0 saturated heterocycles. The molecule has 0 radical (unpaired) electrons. The number of rotatable bonds is 14. The number of benzene rings is 3. The van der Waals surface area contributed by atoms with Crippen LogP contribution in [0.4, 0.5) is 5.69 Å². The van der Waals surface area contributed by atoms with E-state index in [1.807, 2.05) is 58.0 Å². The highest BCUT2D eigenvalue weighted by atomic mass is 32.2. The first-order valence-corrected chi connectivity index (χ1v) is 15.4. The molecule has 0 unspecified atom stereocenters. The van der Waals surface area contributed by atoms with Crippen LogP contribution in [0.15, 0.2) is 77.7 Å². The first kappa shape index (κ1) is 32.5. The number of carbonyl (C=O) groups excluding carboxylic acids is 2. The number of amides is 2. The van der Waals surface area contributed by atoms with Crippen LogP contribution in [-0.4, -0.2) is 64.5 Å². The van der Waals surface area contributed by atoms with Crippen LogP contribution in [0.25, 0.3) is 0 Å². The Morgan fingerprint density at radius 1 is 0.929 bits per heavy atom. The van der Waals surface area contributed by atoms with Crippen molar-refractivity contribution in [2.45, 2.75) is 57.5 Å². The van der Waals surface area contributed by atoms with E-state index >= 15 is 0 Å². The van der Waals surface area contributed by atoms with Crippen molar-refractivity contribution in [3.8, 4) is 11.5 Å². The molecule has 2 amide bonds. The van der Waals surface area contributed by atoms with Gasteiger partial charge in [0.2, 0.25) is 11.8 Å². The fourth-order valence-electron chi connectivity index (χ4n) is 4.62. The van der Waals surface area contributed by atoms with Gasteiger partial charge in [-0.2, -0.15) is 0 Å². The lowest BCUT2D eigenvalue weighted by atomic mass is 10.1. The first-order chi connectivity index (χ1) is 20.0. The number of sulfonamides is 1. The van der Waals surface area contributed by atoms with Gasteiger partial charge in [-0.15, -0.1) is 0 Å². The highest BCUT2D eigenvalue weighted by Gasteiger charge is 2.35. The molecule has 3 aromatic carbocycles. The number of aryl methyl sites for hydroxylation is 1. The normalized spacial score (nSPS) is 12.0. The first-order valence-electron chi connectivity index (χ1n) is 14.0. The van der Waals surface area contributed by atoms with Crippen molar-refractivity contribution in [2.75, 3.05) is 31.6 Å². The molecule has 1 N–H and O–H groups in total. The average Bonchev–Trinajstić information content (AvgIpc) is 2.97. The fourth-order valence-corrected chi connectivity index (χ4v) is 6.04. The standard InChI is InChI=1S/C32H41N3O6S/c1-7-28(32(37)33-23(2)3)34(20-19-25-11-9-8-10-12-25)31(36)22-35(29-21-26(40-5)15-18-30(29)41-6)42(38,39)27-16-13-24(4)14-17-27/h8-18,21,23,28H,7,19-20,22H2,1-6H3,(H,33,37)/t28-/m0/s1. The molecule has 0 aromatic heterocycles. The Balaban J connectivity index is 2.10.